The molecule has 0 unspecified atom stereocenters. The van der Waals surface area contributed by atoms with Gasteiger partial charge in [0.05, 0.1) is 16.6 Å². The maximum Gasteiger partial charge on any atom is 0.264 e. The van der Waals surface area contributed by atoms with Crippen molar-refractivity contribution in [1.29, 1.82) is 0 Å². The molecule has 0 bridgehead atoms. The van der Waals surface area contributed by atoms with Crippen LogP contribution in [-0.4, -0.2) is 16.8 Å². The number of aromatic nitrogens is 1. The number of hydrogen-bond donors (Lipinski definition) is 0. The zero-order valence-corrected chi connectivity index (χ0v) is 13.1. The Kier molecular flexibility index (Phi) is 3.66. The maximum atomic E-state index is 12.8. The van der Waals surface area contributed by atoms with Crippen molar-refractivity contribution in [3.63, 3.8) is 0 Å². The van der Waals surface area contributed by atoms with Crippen molar-refractivity contribution in [3.05, 3.63) is 69.3 Å². The Morgan fingerprint density at radius 3 is 2.48 bits per heavy atom. The van der Waals surface area contributed by atoms with E-state index in [0.717, 1.165) is 0 Å². The predicted molar refractivity (Wildman–Crippen MR) is 86.2 cm³/mol. The Hall–Kier alpha value is -1.91. The summed E-state index contributed by atoms with van der Waals surface area (Å²) < 4.78 is 2.04. The first-order chi connectivity index (χ1) is 10.1. The van der Waals surface area contributed by atoms with Gasteiger partial charge in [-0.2, -0.15) is 0 Å². The van der Waals surface area contributed by atoms with Crippen molar-refractivity contribution >= 4 is 50.6 Å². The summed E-state index contributed by atoms with van der Waals surface area (Å²) in [5.74, 6) is -0.281. The van der Waals surface area contributed by atoms with Crippen LogP contribution in [0, 0.1) is 0 Å². The van der Waals surface area contributed by atoms with E-state index in [1.807, 2.05) is 6.07 Å². The fraction of sp³-hybridized carbons (Fsp3) is 0. The predicted octanol–water partition coefficient (Wildman–Crippen LogP) is 4.56. The highest BCUT2D eigenvalue weighted by molar-refractivity contribution is 9.10. The lowest BCUT2D eigenvalue weighted by atomic mass is 10.2. The van der Waals surface area contributed by atoms with Crippen LogP contribution < -0.4 is 0 Å². The van der Waals surface area contributed by atoms with Crippen LogP contribution in [0.2, 0.25) is 5.15 Å². The normalized spacial score (nSPS) is 10.8. The molecule has 0 fully saturated rings. The topological polar surface area (TPSA) is 39.1 Å². The van der Waals surface area contributed by atoms with Crippen LogP contribution in [0.15, 0.2) is 53.0 Å². The number of hydrogen-bond acceptors (Lipinski definition) is 2. The highest BCUT2D eigenvalue weighted by Crippen LogP contribution is 2.30. The van der Waals surface area contributed by atoms with Crippen molar-refractivity contribution in [2.24, 2.45) is 0 Å². The largest absolute Gasteiger partial charge is 0.298 e. The smallest absolute Gasteiger partial charge is 0.264 e. The second-order valence-corrected chi connectivity index (χ2v) is 5.67. The molecule has 3 rings (SSSR count). The number of aldehydes is 1. The number of para-hydroxylation sites is 1. The summed E-state index contributed by atoms with van der Waals surface area (Å²) in [5, 5.41) is 0.796. The monoisotopic (exact) mass is 361 g/mol. The van der Waals surface area contributed by atoms with Crippen LogP contribution in [0.3, 0.4) is 0 Å². The minimum atomic E-state index is -0.281. The second-order valence-electron chi connectivity index (χ2n) is 4.46. The molecule has 0 spiro atoms. The van der Waals surface area contributed by atoms with Gasteiger partial charge in [-0.05, 0) is 34.1 Å². The van der Waals surface area contributed by atoms with Gasteiger partial charge < -0.3 is 0 Å². The Bertz CT molecular complexity index is 870. The van der Waals surface area contributed by atoms with E-state index in [-0.39, 0.29) is 11.1 Å². The molecule has 3 nitrogen and oxygen atoms in total. The van der Waals surface area contributed by atoms with E-state index in [1.165, 1.54) is 4.57 Å². The third-order valence-corrected chi connectivity index (χ3v) is 4.34. The van der Waals surface area contributed by atoms with Crippen LogP contribution in [0.4, 0.5) is 0 Å². The third kappa shape index (κ3) is 2.20. The highest BCUT2D eigenvalue weighted by Gasteiger charge is 2.21. The summed E-state index contributed by atoms with van der Waals surface area (Å²) >= 11 is 9.60. The van der Waals surface area contributed by atoms with Gasteiger partial charge in [-0.15, -0.1) is 0 Å². The van der Waals surface area contributed by atoms with Gasteiger partial charge in [0.2, 0.25) is 0 Å². The summed E-state index contributed by atoms with van der Waals surface area (Å²) in [6.07, 6.45) is 0.675. The van der Waals surface area contributed by atoms with E-state index in [1.54, 1.807) is 42.5 Å². The summed E-state index contributed by atoms with van der Waals surface area (Å²) in [6, 6.07) is 14.2. The lowest BCUT2D eigenvalue weighted by molar-refractivity contribution is 0.0964. The van der Waals surface area contributed by atoms with Gasteiger partial charge >= 0.3 is 0 Å². The molecule has 0 N–H and O–H groups in total. The molecule has 0 atom stereocenters. The number of carbonyl (C=O) groups excluding carboxylic acids is 2. The van der Waals surface area contributed by atoms with Gasteiger partial charge in [-0.3, -0.25) is 14.2 Å². The lowest BCUT2D eigenvalue weighted by Gasteiger charge is -2.07. The average Bonchev–Trinajstić information content (AvgIpc) is 2.78. The Morgan fingerprint density at radius 1 is 1.10 bits per heavy atom. The molecule has 104 valence electrons. The van der Waals surface area contributed by atoms with E-state index in [0.29, 0.717) is 32.8 Å². The SMILES string of the molecule is O=Cc1c(Cl)n(C(=O)c2ccccc2Br)c2ccccc12. The van der Waals surface area contributed by atoms with Crippen molar-refractivity contribution in [2.75, 3.05) is 0 Å². The first-order valence-electron chi connectivity index (χ1n) is 6.18. The number of carbonyl (C=O) groups is 2. The first-order valence-corrected chi connectivity index (χ1v) is 7.35. The fourth-order valence-electron chi connectivity index (χ4n) is 2.30. The van der Waals surface area contributed by atoms with Crippen LogP contribution in [-0.2, 0) is 0 Å². The van der Waals surface area contributed by atoms with Crippen molar-refractivity contribution in [3.8, 4) is 0 Å². The molecular weight excluding hydrogens is 354 g/mol. The zero-order valence-electron chi connectivity index (χ0n) is 10.7. The Balaban J connectivity index is 2.31. The molecule has 5 heteroatoms. The quantitative estimate of drug-likeness (QED) is 0.627. The minimum absolute atomic E-state index is 0.131. The van der Waals surface area contributed by atoms with Gasteiger partial charge in [0.25, 0.3) is 5.91 Å². The van der Waals surface area contributed by atoms with E-state index in [2.05, 4.69) is 15.9 Å². The molecule has 0 aliphatic rings. The van der Waals surface area contributed by atoms with Crippen molar-refractivity contribution in [1.82, 2.24) is 4.57 Å². The molecule has 0 aliphatic heterocycles. The first kappa shape index (κ1) is 14.0. The molecule has 3 aromatic rings. The number of benzene rings is 2. The van der Waals surface area contributed by atoms with Gasteiger partial charge in [-0.1, -0.05) is 41.9 Å². The Morgan fingerprint density at radius 2 is 1.76 bits per heavy atom. The molecule has 1 heterocycles. The van der Waals surface area contributed by atoms with Crippen LogP contribution >= 0.6 is 27.5 Å². The maximum absolute atomic E-state index is 12.8. The molecule has 2 aromatic carbocycles. The second kappa shape index (κ2) is 5.47. The van der Waals surface area contributed by atoms with E-state index < -0.39 is 0 Å². The highest BCUT2D eigenvalue weighted by atomic mass is 79.9. The average molecular weight is 363 g/mol. The standard InChI is InChI=1S/C16H9BrClNO2/c17-13-7-3-1-6-11(13)16(21)19-14-8-4-2-5-10(14)12(9-20)15(19)18/h1-9H. The van der Waals surface area contributed by atoms with Crippen molar-refractivity contribution < 1.29 is 9.59 Å². The fourth-order valence-corrected chi connectivity index (χ4v) is 3.07. The van der Waals surface area contributed by atoms with Crippen LogP contribution in [0.25, 0.3) is 10.9 Å². The Labute approximate surface area is 134 Å². The summed E-state index contributed by atoms with van der Waals surface area (Å²) in [6.45, 7) is 0. The molecule has 0 aliphatic carbocycles. The van der Waals surface area contributed by atoms with Crippen LogP contribution in [0.1, 0.15) is 20.7 Å². The number of fused-ring (bicyclic) bond motifs is 1. The number of halogens is 2. The molecule has 0 amide bonds. The minimum Gasteiger partial charge on any atom is -0.298 e. The summed E-state index contributed by atoms with van der Waals surface area (Å²) in [4.78, 5) is 24.0. The van der Waals surface area contributed by atoms with Gasteiger partial charge in [-0.25, -0.2) is 0 Å². The molecule has 0 saturated heterocycles. The summed E-state index contributed by atoms with van der Waals surface area (Å²) in [7, 11) is 0. The van der Waals surface area contributed by atoms with E-state index >= 15 is 0 Å². The van der Waals surface area contributed by atoms with Crippen LogP contribution in [0.5, 0.6) is 0 Å². The van der Waals surface area contributed by atoms with Gasteiger partial charge in [0, 0.05) is 9.86 Å². The number of rotatable bonds is 2. The van der Waals surface area contributed by atoms with E-state index in [9.17, 15) is 9.59 Å². The third-order valence-electron chi connectivity index (χ3n) is 3.28. The number of nitrogens with zero attached hydrogens (tertiary/aromatic N) is 1. The molecule has 21 heavy (non-hydrogen) atoms. The summed E-state index contributed by atoms with van der Waals surface area (Å²) in [5.41, 5.74) is 1.43. The van der Waals surface area contributed by atoms with Crippen molar-refractivity contribution in [2.45, 2.75) is 0 Å². The van der Waals surface area contributed by atoms with Gasteiger partial charge in [0.1, 0.15) is 5.15 Å². The van der Waals surface area contributed by atoms with E-state index in [4.69, 9.17) is 11.6 Å². The molecule has 0 radical (unpaired) electrons. The lowest BCUT2D eigenvalue weighted by Crippen LogP contribution is -2.12. The zero-order chi connectivity index (χ0) is 15.0. The van der Waals surface area contributed by atoms with Gasteiger partial charge in [0.15, 0.2) is 6.29 Å². The molecular formula is C16H9BrClNO2. The molecule has 1 aromatic heterocycles. The molecule has 0 saturated carbocycles.